The van der Waals surface area contributed by atoms with Crippen LogP contribution < -0.4 is 10.1 Å². The van der Waals surface area contributed by atoms with Crippen LogP contribution in [0.15, 0.2) is 24.3 Å². The number of carboxylic acids is 1. The highest BCUT2D eigenvalue weighted by molar-refractivity contribution is 5.70. The maximum atomic E-state index is 11.1. The van der Waals surface area contributed by atoms with E-state index in [1.54, 1.807) is 7.11 Å². The summed E-state index contributed by atoms with van der Waals surface area (Å²) in [4.78, 5) is 11.1. The summed E-state index contributed by atoms with van der Waals surface area (Å²) >= 11 is 0. The van der Waals surface area contributed by atoms with Crippen LogP contribution >= 0.6 is 0 Å². The number of hydrogen-bond acceptors (Lipinski definition) is 3. The standard InChI is InChI=1S/C16H23NO3/c1-11(14-8-3-4-9-15(14)20-2)17-13-7-5-6-12(10-13)16(18)19/h3-4,8-9,11-13,17H,5-7,10H2,1-2H3,(H,18,19)/t11-,12?,13?/m1/s1. The summed E-state index contributed by atoms with van der Waals surface area (Å²) in [5, 5.41) is 12.7. The van der Waals surface area contributed by atoms with Gasteiger partial charge < -0.3 is 15.2 Å². The second-order valence-electron chi connectivity index (χ2n) is 5.53. The van der Waals surface area contributed by atoms with Crippen LogP contribution in [0.2, 0.25) is 0 Å². The second-order valence-corrected chi connectivity index (χ2v) is 5.53. The lowest BCUT2D eigenvalue weighted by Crippen LogP contribution is -2.37. The summed E-state index contributed by atoms with van der Waals surface area (Å²) in [6.07, 6.45) is 3.54. The summed E-state index contributed by atoms with van der Waals surface area (Å²) in [5.74, 6) is 0.00524. The zero-order chi connectivity index (χ0) is 14.5. The van der Waals surface area contributed by atoms with Crippen LogP contribution in [-0.4, -0.2) is 24.2 Å². The summed E-state index contributed by atoms with van der Waals surface area (Å²) < 4.78 is 5.38. The fourth-order valence-electron chi connectivity index (χ4n) is 3.03. The number of para-hydroxylation sites is 1. The molecule has 1 aromatic rings. The number of nitrogens with one attached hydrogen (secondary N) is 1. The molecule has 1 fully saturated rings. The van der Waals surface area contributed by atoms with E-state index in [-0.39, 0.29) is 18.0 Å². The van der Waals surface area contributed by atoms with Crippen molar-refractivity contribution in [3.63, 3.8) is 0 Å². The molecule has 0 aliphatic heterocycles. The number of carbonyl (C=O) groups is 1. The molecule has 2 rings (SSSR count). The van der Waals surface area contributed by atoms with Gasteiger partial charge in [-0.15, -0.1) is 0 Å². The third-order valence-corrected chi connectivity index (χ3v) is 4.11. The normalized spacial score (nSPS) is 24.1. The van der Waals surface area contributed by atoms with Crippen LogP contribution in [0.1, 0.15) is 44.2 Å². The summed E-state index contributed by atoms with van der Waals surface area (Å²) in [6, 6.07) is 8.38. The zero-order valence-corrected chi connectivity index (χ0v) is 12.1. The fourth-order valence-corrected chi connectivity index (χ4v) is 3.03. The Morgan fingerprint density at radius 1 is 1.40 bits per heavy atom. The third kappa shape index (κ3) is 3.51. The fraction of sp³-hybridized carbons (Fsp3) is 0.562. The average molecular weight is 277 g/mol. The Balaban J connectivity index is 2.00. The van der Waals surface area contributed by atoms with Crippen molar-refractivity contribution in [2.24, 2.45) is 5.92 Å². The molecule has 2 unspecified atom stereocenters. The number of rotatable bonds is 5. The molecule has 20 heavy (non-hydrogen) atoms. The smallest absolute Gasteiger partial charge is 0.306 e. The van der Waals surface area contributed by atoms with Crippen molar-refractivity contribution in [2.75, 3.05) is 7.11 Å². The first-order valence-corrected chi connectivity index (χ1v) is 7.23. The van der Waals surface area contributed by atoms with Gasteiger partial charge in [0.25, 0.3) is 0 Å². The summed E-state index contributed by atoms with van der Waals surface area (Å²) in [5.41, 5.74) is 1.12. The van der Waals surface area contributed by atoms with Gasteiger partial charge in [0, 0.05) is 17.6 Å². The van der Waals surface area contributed by atoms with Gasteiger partial charge in [0.05, 0.1) is 13.0 Å². The van der Waals surface area contributed by atoms with Gasteiger partial charge in [-0.2, -0.15) is 0 Å². The first-order chi connectivity index (χ1) is 9.61. The minimum Gasteiger partial charge on any atom is -0.496 e. The lowest BCUT2D eigenvalue weighted by atomic mass is 9.85. The molecule has 0 spiro atoms. The van der Waals surface area contributed by atoms with Crippen molar-refractivity contribution in [2.45, 2.75) is 44.7 Å². The maximum Gasteiger partial charge on any atom is 0.306 e. The highest BCUT2D eigenvalue weighted by Gasteiger charge is 2.28. The van der Waals surface area contributed by atoms with Gasteiger partial charge >= 0.3 is 5.97 Å². The molecule has 4 nitrogen and oxygen atoms in total. The van der Waals surface area contributed by atoms with E-state index >= 15 is 0 Å². The van der Waals surface area contributed by atoms with Crippen molar-refractivity contribution in [1.82, 2.24) is 5.32 Å². The van der Waals surface area contributed by atoms with Gasteiger partial charge in [0.15, 0.2) is 0 Å². The summed E-state index contributed by atoms with van der Waals surface area (Å²) in [7, 11) is 1.67. The molecular formula is C16H23NO3. The van der Waals surface area contributed by atoms with E-state index in [4.69, 9.17) is 9.84 Å². The molecule has 1 saturated carbocycles. The number of carboxylic acid groups (broad SMARTS) is 1. The van der Waals surface area contributed by atoms with E-state index in [1.807, 2.05) is 24.3 Å². The highest BCUT2D eigenvalue weighted by atomic mass is 16.5. The number of hydrogen-bond donors (Lipinski definition) is 2. The topological polar surface area (TPSA) is 58.6 Å². The van der Waals surface area contributed by atoms with Crippen LogP contribution in [0.4, 0.5) is 0 Å². The molecule has 4 heteroatoms. The molecule has 3 atom stereocenters. The molecule has 110 valence electrons. The molecule has 1 aliphatic rings. The largest absolute Gasteiger partial charge is 0.496 e. The predicted octanol–water partition coefficient (Wildman–Crippen LogP) is 2.99. The number of benzene rings is 1. The van der Waals surface area contributed by atoms with Gasteiger partial charge in [-0.05, 0) is 32.3 Å². The Hall–Kier alpha value is -1.55. The molecular weight excluding hydrogens is 254 g/mol. The SMILES string of the molecule is COc1ccccc1[C@@H](C)NC1CCCC(C(=O)O)C1. The van der Waals surface area contributed by atoms with Crippen molar-refractivity contribution in [1.29, 1.82) is 0 Å². The van der Waals surface area contributed by atoms with Crippen molar-refractivity contribution in [3.05, 3.63) is 29.8 Å². The monoisotopic (exact) mass is 277 g/mol. The summed E-state index contributed by atoms with van der Waals surface area (Å²) in [6.45, 7) is 2.10. The van der Waals surface area contributed by atoms with Crippen LogP contribution in [-0.2, 0) is 4.79 Å². The predicted molar refractivity (Wildman–Crippen MR) is 77.9 cm³/mol. The van der Waals surface area contributed by atoms with E-state index < -0.39 is 5.97 Å². The number of ether oxygens (including phenoxy) is 1. The van der Waals surface area contributed by atoms with Gasteiger partial charge in [-0.3, -0.25) is 4.79 Å². The number of methoxy groups -OCH3 is 1. The molecule has 0 saturated heterocycles. The van der Waals surface area contributed by atoms with E-state index in [0.29, 0.717) is 0 Å². The van der Waals surface area contributed by atoms with E-state index in [2.05, 4.69) is 12.2 Å². The Morgan fingerprint density at radius 3 is 2.85 bits per heavy atom. The van der Waals surface area contributed by atoms with Gasteiger partial charge in [-0.1, -0.05) is 24.6 Å². The van der Waals surface area contributed by atoms with Crippen LogP contribution in [0, 0.1) is 5.92 Å². The minimum atomic E-state index is -0.665. The van der Waals surface area contributed by atoms with E-state index in [1.165, 1.54) is 0 Å². The lowest BCUT2D eigenvalue weighted by Gasteiger charge is -2.30. The van der Waals surface area contributed by atoms with Gasteiger partial charge in [0.1, 0.15) is 5.75 Å². The number of aliphatic carboxylic acids is 1. The maximum absolute atomic E-state index is 11.1. The molecule has 0 amide bonds. The lowest BCUT2D eigenvalue weighted by molar-refractivity contribution is -0.143. The highest BCUT2D eigenvalue weighted by Crippen LogP contribution is 2.29. The van der Waals surface area contributed by atoms with Gasteiger partial charge in [0.2, 0.25) is 0 Å². The van der Waals surface area contributed by atoms with Crippen LogP contribution in [0.25, 0.3) is 0 Å². The van der Waals surface area contributed by atoms with E-state index in [0.717, 1.165) is 37.0 Å². The average Bonchev–Trinajstić information content (AvgIpc) is 2.47. The second kappa shape index (κ2) is 6.75. The third-order valence-electron chi connectivity index (χ3n) is 4.11. The van der Waals surface area contributed by atoms with Crippen LogP contribution in [0.5, 0.6) is 5.75 Å². The molecule has 0 bridgehead atoms. The zero-order valence-electron chi connectivity index (χ0n) is 12.1. The first-order valence-electron chi connectivity index (χ1n) is 7.23. The van der Waals surface area contributed by atoms with Crippen LogP contribution in [0.3, 0.4) is 0 Å². The van der Waals surface area contributed by atoms with Crippen molar-refractivity contribution < 1.29 is 14.6 Å². The molecule has 1 aromatic carbocycles. The van der Waals surface area contributed by atoms with Crippen molar-refractivity contribution in [3.8, 4) is 5.75 Å². The Bertz CT molecular complexity index is 461. The first kappa shape index (κ1) is 14.9. The Kier molecular flexibility index (Phi) is 5.01. The molecule has 0 heterocycles. The van der Waals surface area contributed by atoms with Gasteiger partial charge in [-0.25, -0.2) is 0 Å². The Morgan fingerprint density at radius 2 is 2.15 bits per heavy atom. The molecule has 2 N–H and O–H groups in total. The quantitative estimate of drug-likeness (QED) is 0.868. The Labute approximate surface area is 120 Å². The molecule has 0 radical (unpaired) electrons. The molecule has 1 aliphatic carbocycles. The van der Waals surface area contributed by atoms with Crippen molar-refractivity contribution >= 4 is 5.97 Å². The minimum absolute atomic E-state index is 0.156. The van der Waals surface area contributed by atoms with E-state index in [9.17, 15) is 4.79 Å². The molecule has 0 aromatic heterocycles.